The third-order valence-corrected chi connectivity index (χ3v) is 3.44. The molecule has 2 aromatic rings. The summed E-state index contributed by atoms with van der Waals surface area (Å²) in [4.78, 5) is 25.7. The van der Waals surface area contributed by atoms with Crippen LogP contribution in [0.4, 0.5) is 11.4 Å². The molecular weight excluding hydrogens is 288 g/mol. The van der Waals surface area contributed by atoms with Gasteiger partial charge in [-0.15, -0.1) is 0 Å². The Kier molecular flexibility index (Phi) is 3.46. The highest BCUT2D eigenvalue weighted by atomic mass is 35.5. The minimum Gasteiger partial charge on any atom is -0.350 e. The Balaban J connectivity index is 1.92. The van der Waals surface area contributed by atoms with Gasteiger partial charge in [0.15, 0.2) is 0 Å². The van der Waals surface area contributed by atoms with Crippen molar-refractivity contribution in [2.75, 3.05) is 10.2 Å². The average Bonchev–Trinajstić information content (AvgIpc) is 2.73. The summed E-state index contributed by atoms with van der Waals surface area (Å²) in [7, 11) is 0. The van der Waals surface area contributed by atoms with Crippen molar-refractivity contribution in [2.24, 2.45) is 0 Å². The normalized spacial score (nSPS) is 14.8. The van der Waals surface area contributed by atoms with Crippen LogP contribution in [0, 0.1) is 0 Å². The van der Waals surface area contributed by atoms with E-state index in [0.29, 0.717) is 11.4 Å². The van der Waals surface area contributed by atoms with Gasteiger partial charge in [0.1, 0.15) is 10.7 Å². The second-order valence-electron chi connectivity index (χ2n) is 4.46. The van der Waals surface area contributed by atoms with Crippen molar-refractivity contribution in [3.8, 4) is 0 Å². The number of carbonyl (C=O) groups excluding carboxylic acids is 2. The fraction of sp³-hybridized carbons (Fsp3) is 0. The first-order valence-electron chi connectivity index (χ1n) is 6.34. The Morgan fingerprint density at radius 1 is 0.810 bits per heavy atom. The summed E-state index contributed by atoms with van der Waals surface area (Å²) >= 11 is 6.02. The largest absolute Gasteiger partial charge is 0.350 e. The van der Waals surface area contributed by atoms with Crippen molar-refractivity contribution in [1.29, 1.82) is 0 Å². The molecule has 5 heteroatoms. The van der Waals surface area contributed by atoms with Crippen molar-refractivity contribution >= 4 is 34.8 Å². The maximum absolute atomic E-state index is 12.4. The number of benzene rings is 2. The maximum Gasteiger partial charge on any atom is 0.283 e. The Hall–Kier alpha value is -2.59. The SMILES string of the molecule is O=C1C(Cl)=C(Nc2ccccc2)C(=O)N1c1ccccc1. The first kappa shape index (κ1) is 13.4. The molecule has 1 aliphatic rings. The standard InChI is InChI=1S/C16H11ClN2O2/c17-13-14(18-11-7-3-1-4-8-11)16(21)19(15(13)20)12-9-5-2-6-10-12/h1-10,18H. The maximum atomic E-state index is 12.4. The van der Waals surface area contributed by atoms with Crippen LogP contribution in [0.1, 0.15) is 0 Å². The summed E-state index contributed by atoms with van der Waals surface area (Å²) in [6.07, 6.45) is 0. The monoisotopic (exact) mass is 298 g/mol. The van der Waals surface area contributed by atoms with Gasteiger partial charge < -0.3 is 5.32 Å². The fourth-order valence-corrected chi connectivity index (χ4v) is 2.30. The Bertz CT molecular complexity index is 726. The van der Waals surface area contributed by atoms with Crippen LogP contribution >= 0.6 is 11.6 Å². The van der Waals surface area contributed by atoms with Crippen molar-refractivity contribution in [3.05, 3.63) is 71.4 Å². The Morgan fingerprint density at radius 3 is 2.00 bits per heavy atom. The second kappa shape index (κ2) is 5.42. The van der Waals surface area contributed by atoms with E-state index < -0.39 is 11.8 Å². The predicted octanol–water partition coefficient (Wildman–Crippen LogP) is 3.12. The molecule has 1 aliphatic heterocycles. The molecule has 0 bridgehead atoms. The van der Waals surface area contributed by atoms with Crippen LogP contribution in [0.3, 0.4) is 0 Å². The van der Waals surface area contributed by atoms with E-state index in [1.807, 2.05) is 24.3 Å². The molecule has 1 heterocycles. The minimum atomic E-state index is -0.522. The van der Waals surface area contributed by atoms with Crippen molar-refractivity contribution in [3.63, 3.8) is 0 Å². The number of nitrogens with zero attached hydrogens (tertiary/aromatic N) is 1. The van der Waals surface area contributed by atoms with Gasteiger partial charge in [0.2, 0.25) is 0 Å². The van der Waals surface area contributed by atoms with Crippen LogP contribution in [0.2, 0.25) is 0 Å². The summed E-state index contributed by atoms with van der Waals surface area (Å²) in [5.41, 5.74) is 1.29. The van der Waals surface area contributed by atoms with Gasteiger partial charge in [0, 0.05) is 5.69 Å². The number of carbonyl (C=O) groups is 2. The molecule has 0 radical (unpaired) electrons. The lowest BCUT2D eigenvalue weighted by Crippen LogP contribution is -2.32. The van der Waals surface area contributed by atoms with E-state index in [9.17, 15) is 9.59 Å². The van der Waals surface area contributed by atoms with Gasteiger partial charge in [-0.25, -0.2) is 4.90 Å². The summed E-state index contributed by atoms with van der Waals surface area (Å²) < 4.78 is 0. The topological polar surface area (TPSA) is 49.4 Å². The van der Waals surface area contributed by atoms with Gasteiger partial charge in [-0.2, -0.15) is 0 Å². The number of hydrogen-bond acceptors (Lipinski definition) is 3. The van der Waals surface area contributed by atoms with Crippen molar-refractivity contribution < 1.29 is 9.59 Å². The zero-order valence-corrected chi connectivity index (χ0v) is 11.7. The molecule has 0 saturated carbocycles. The molecule has 0 saturated heterocycles. The Labute approximate surface area is 126 Å². The van der Waals surface area contributed by atoms with E-state index in [-0.39, 0.29) is 10.7 Å². The van der Waals surface area contributed by atoms with E-state index in [0.717, 1.165) is 4.90 Å². The van der Waals surface area contributed by atoms with Gasteiger partial charge in [-0.3, -0.25) is 9.59 Å². The number of anilines is 2. The van der Waals surface area contributed by atoms with Crippen LogP contribution in [0.15, 0.2) is 71.4 Å². The first-order chi connectivity index (χ1) is 10.2. The van der Waals surface area contributed by atoms with Crippen LogP contribution in [-0.2, 0) is 9.59 Å². The number of hydrogen-bond donors (Lipinski definition) is 1. The van der Waals surface area contributed by atoms with Crippen molar-refractivity contribution in [2.45, 2.75) is 0 Å². The van der Waals surface area contributed by atoms with Crippen LogP contribution in [-0.4, -0.2) is 11.8 Å². The first-order valence-corrected chi connectivity index (χ1v) is 6.72. The zero-order valence-electron chi connectivity index (χ0n) is 10.9. The molecule has 2 aromatic carbocycles. The second-order valence-corrected chi connectivity index (χ2v) is 4.84. The van der Waals surface area contributed by atoms with Crippen LogP contribution < -0.4 is 10.2 Å². The summed E-state index contributed by atoms with van der Waals surface area (Å²) in [6.45, 7) is 0. The molecule has 2 amide bonds. The van der Waals surface area contributed by atoms with E-state index in [1.165, 1.54) is 0 Å². The number of nitrogens with one attached hydrogen (secondary N) is 1. The average molecular weight is 299 g/mol. The lowest BCUT2D eigenvalue weighted by atomic mass is 10.3. The van der Waals surface area contributed by atoms with E-state index in [1.54, 1.807) is 36.4 Å². The number of rotatable bonds is 3. The van der Waals surface area contributed by atoms with Gasteiger partial charge in [-0.05, 0) is 24.3 Å². The Morgan fingerprint density at radius 2 is 1.38 bits per heavy atom. The number of imide groups is 1. The molecule has 0 unspecified atom stereocenters. The van der Waals surface area contributed by atoms with Gasteiger partial charge in [0.05, 0.1) is 5.69 Å². The van der Waals surface area contributed by atoms with Gasteiger partial charge in [-0.1, -0.05) is 48.0 Å². The molecule has 21 heavy (non-hydrogen) atoms. The zero-order chi connectivity index (χ0) is 14.8. The molecule has 0 spiro atoms. The number of para-hydroxylation sites is 2. The highest BCUT2D eigenvalue weighted by Gasteiger charge is 2.38. The van der Waals surface area contributed by atoms with Gasteiger partial charge >= 0.3 is 0 Å². The molecule has 0 aromatic heterocycles. The molecule has 0 aliphatic carbocycles. The molecule has 104 valence electrons. The number of halogens is 1. The van der Waals surface area contributed by atoms with E-state index in [2.05, 4.69) is 5.32 Å². The third kappa shape index (κ3) is 2.41. The van der Waals surface area contributed by atoms with Gasteiger partial charge in [0.25, 0.3) is 11.8 Å². The van der Waals surface area contributed by atoms with Crippen LogP contribution in [0.25, 0.3) is 0 Å². The summed E-state index contributed by atoms with van der Waals surface area (Å²) in [6, 6.07) is 17.8. The fourth-order valence-electron chi connectivity index (χ4n) is 2.09. The summed E-state index contributed by atoms with van der Waals surface area (Å²) in [5.74, 6) is -0.980. The van der Waals surface area contributed by atoms with E-state index >= 15 is 0 Å². The minimum absolute atomic E-state index is 0.0942. The smallest absolute Gasteiger partial charge is 0.283 e. The van der Waals surface area contributed by atoms with E-state index in [4.69, 9.17) is 11.6 Å². The lowest BCUT2D eigenvalue weighted by Gasteiger charge is -2.14. The molecule has 1 N–H and O–H groups in total. The third-order valence-electron chi connectivity index (χ3n) is 3.08. The highest BCUT2D eigenvalue weighted by molar-refractivity contribution is 6.53. The van der Waals surface area contributed by atoms with Crippen molar-refractivity contribution in [1.82, 2.24) is 0 Å². The highest BCUT2D eigenvalue weighted by Crippen LogP contribution is 2.29. The molecule has 0 atom stereocenters. The predicted molar refractivity (Wildman–Crippen MR) is 81.9 cm³/mol. The number of amides is 2. The van der Waals surface area contributed by atoms with Crippen LogP contribution in [0.5, 0.6) is 0 Å². The summed E-state index contributed by atoms with van der Waals surface area (Å²) in [5, 5.41) is 2.80. The quantitative estimate of drug-likeness (QED) is 0.886. The molecule has 0 fully saturated rings. The molecular formula is C16H11ClN2O2. The lowest BCUT2D eigenvalue weighted by molar-refractivity contribution is -0.120. The molecule has 4 nitrogen and oxygen atoms in total. The molecule has 3 rings (SSSR count).